The zero-order valence-electron chi connectivity index (χ0n) is 44.9. The molecule has 20 nitrogen and oxygen atoms in total. The number of benzene rings is 1. The van der Waals surface area contributed by atoms with Crippen LogP contribution in [0, 0.1) is 5.92 Å². The Morgan fingerprint density at radius 3 is 2.28 bits per heavy atom. The third-order valence-electron chi connectivity index (χ3n) is 13.3. The molecule has 0 aliphatic carbocycles. The van der Waals surface area contributed by atoms with Gasteiger partial charge in [-0.3, -0.25) is 24.5 Å². The Labute approximate surface area is 445 Å². The van der Waals surface area contributed by atoms with Crippen LogP contribution in [0.5, 0.6) is 5.75 Å². The number of epoxide rings is 1. The van der Waals surface area contributed by atoms with Gasteiger partial charge in [-0.1, -0.05) is 56.2 Å². The normalized spacial score (nSPS) is 25.8. The van der Waals surface area contributed by atoms with E-state index in [1.54, 1.807) is 45.2 Å². The number of hydrogen-bond acceptors (Lipinski definition) is 17. The molecule has 4 amide bonds. The summed E-state index contributed by atoms with van der Waals surface area (Å²) in [5.41, 5.74) is -1.09. The summed E-state index contributed by atoms with van der Waals surface area (Å²) in [6.07, 6.45) is 1.44. The second-order valence-electron chi connectivity index (χ2n) is 19.7. The Morgan fingerprint density at radius 2 is 1.66 bits per heavy atom. The van der Waals surface area contributed by atoms with Gasteiger partial charge in [0.05, 0.1) is 83.9 Å². The fraction of sp³-hybridized carbons (Fsp3) is 0.692. The van der Waals surface area contributed by atoms with Crippen LogP contribution in [0.25, 0.3) is 0 Å². The summed E-state index contributed by atoms with van der Waals surface area (Å²) in [4.78, 5) is 81.3. The van der Waals surface area contributed by atoms with E-state index in [1.807, 2.05) is 26.8 Å². The molecule has 3 aliphatic rings. The van der Waals surface area contributed by atoms with Crippen molar-refractivity contribution in [2.75, 3.05) is 98.4 Å². The molecule has 74 heavy (non-hydrogen) atoms. The first kappa shape index (κ1) is 62.2. The number of nitrogens with one attached hydrogen (secondary N) is 2. The number of Topliss-reactive ketones (excluding diaryl/α,β-unsaturated/α-hetero) is 1. The van der Waals surface area contributed by atoms with E-state index in [0.29, 0.717) is 90.1 Å². The zero-order chi connectivity index (χ0) is 54.8. The summed E-state index contributed by atoms with van der Waals surface area (Å²) in [6.45, 7) is 15.7. The maximum Gasteiger partial charge on any atom is 0.409 e. The number of esters is 1. The van der Waals surface area contributed by atoms with E-state index in [0.717, 1.165) is 11.1 Å². The Bertz CT molecular complexity index is 2150. The number of ketones is 1. The minimum atomic E-state index is -1.87. The van der Waals surface area contributed by atoms with Crippen LogP contribution in [0.4, 0.5) is 10.5 Å². The maximum atomic E-state index is 14.4. The summed E-state index contributed by atoms with van der Waals surface area (Å²) >= 11 is 8.22. The van der Waals surface area contributed by atoms with Gasteiger partial charge in [-0.15, -0.1) is 11.8 Å². The maximum absolute atomic E-state index is 14.4. The molecule has 1 aromatic rings. The van der Waals surface area contributed by atoms with E-state index in [9.17, 15) is 33.9 Å². The molecule has 0 saturated carbocycles. The van der Waals surface area contributed by atoms with Gasteiger partial charge in [0.1, 0.15) is 46.5 Å². The number of alkyl carbamates (subject to hydrolysis) is 1. The largest absolute Gasteiger partial charge is 0.495 e. The number of anilines is 1. The summed E-state index contributed by atoms with van der Waals surface area (Å²) in [5, 5.41) is 17.4. The number of carbonyl (C=O) groups is 6. The molecule has 1 aromatic carbocycles. The number of likely N-dealkylation sites (N-methyl/N-ethyl adjacent to an activating group) is 1. The SMILES string of the molecule is COc1cc2cc(c1Cl)N(C)C(=O)C[C@H](OC(=O)[C@H](C)N(C)C(=O)CCC(C)(C)SCC(=O)NCCOCCOCCOCCOCCC(C)=O)[C@]1(C)O[C@H]1[C@H](C)[C@@H]1C[C@@](O)(NC(=O)O1)[C@H](OC)/C=C/C=C(\C)C2. The average Bonchev–Trinajstić information content (AvgIpc) is 4.05. The molecule has 2 saturated heterocycles. The highest BCUT2D eigenvalue weighted by atomic mass is 35.5. The Hall–Kier alpha value is -4.32. The number of aliphatic hydroxyl groups is 1. The third-order valence-corrected chi connectivity index (χ3v) is 15.1. The molecule has 22 heteroatoms. The first-order chi connectivity index (χ1) is 34.9. The summed E-state index contributed by atoms with van der Waals surface area (Å²) in [7, 11) is 5.97. The number of hydrogen-bond donors (Lipinski definition) is 3. The van der Waals surface area contributed by atoms with E-state index in [-0.39, 0.29) is 47.6 Å². The Balaban J connectivity index is 1.34. The molecule has 3 N–H and O–H groups in total. The molecule has 416 valence electrons. The number of methoxy groups -OCH3 is 2. The number of allylic oxidation sites excluding steroid dienone is 3. The van der Waals surface area contributed by atoms with Crippen molar-refractivity contribution in [2.45, 2.75) is 134 Å². The van der Waals surface area contributed by atoms with Gasteiger partial charge in [0.2, 0.25) is 17.7 Å². The molecule has 3 heterocycles. The second-order valence-corrected chi connectivity index (χ2v) is 21.8. The highest BCUT2D eigenvalue weighted by Crippen LogP contribution is 2.49. The molecule has 0 radical (unpaired) electrons. The lowest BCUT2D eigenvalue weighted by Crippen LogP contribution is -2.63. The Kier molecular flexibility index (Phi) is 24.6. The second kappa shape index (κ2) is 29.3. The van der Waals surface area contributed by atoms with Crippen molar-refractivity contribution in [1.82, 2.24) is 15.5 Å². The number of rotatable bonds is 26. The lowest BCUT2D eigenvalue weighted by Gasteiger charge is -2.42. The van der Waals surface area contributed by atoms with Crippen LogP contribution in [0.3, 0.4) is 0 Å². The number of thioether (sulfide) groups is 1. The Morgan fingerprint density at radius 1 is 1.03 bits per heavy atom. The first-order valence-corrected chi connectivity index (χ1v) is 26.4. The number of nitrogens with zero attached hydrogens (tertiary/aromatic N) is 2. The van der Waals surface area contributed by atoms with Crippen molar-refractivity contribution < 1.29 is 76.5 Å². The monoisotopic (exact) mass is 1080 g/mol. The van der Waals surface area contributed by atoms with Crippen LogP contribution in [-0.4, -0.2) is 186 Å². The summed E-state index contributed by atoms with van der Waals surface area (Å²) in [5.74, 6) is -1.74. The van der Waals surface area contributed by atoms with Crippen molar-refractivity contribution in [1.29, 1.82) is 0 Å². The van der Waals surface area contributed by atoms with E-state index in [2.05, 4.69) is 10.6 Å². The van der Waals surface area contributed by atoms with Crippen LogP contribution in [0.1, 0.15) is 86.1 Å². The summed E-state index contributed by atoms with van der Waals surface area (Å²) < 4.78 is 50.8. The van der Waals surface area contributed by atoms with Gasteiger partial charge in [0, 0.05) is 57.7 Å². The molecule has 4 bridgehead atoms. The van der Waals surface area contributed by atoms with E-state index in [1.165, 1.54) is 56.7 Å². The van der Waals surface area contributed by atoms with Crippen LogP contribution in [0.2, 0.25) is 5.02 Å². The highest BCUT2D eigenvalue weighted by molar-refractivity contribution is 8.01. The quantitative estimate of drug-likeness (QED) is 0.0631. The lowest BCUT2D eigenvalue weighted by molar-refractivity contribution is -0.162. The van der Waals surface area contributed by atoms with Gasteiger partial charge >= 0.3 is 12.1 Å². The van der Waals surface area contributed by atoms with Gasteiger partial charge < -0.3 is 62.9 Å². The van der Waals surface area contributed by atoms with Crippen molar-refractivity contribution in [3.63, 3.8) is 0 Å². The topological polar surface area (TPSA) is 240 Å². The van der Waals surface area contributed by atoms with Gasteiger partial charge in [-0.2, -0.15) is 0 Å². The molecule has 0 unspecified atom stereocenters. The van der Waals surface area contributed by atoms with Crippen molar-refractivity contribution in [2.24, 2.45) is 5.92 Å². The number of halogens is 1. The number of carbonyl (C=O) groups excluding carboxylic acids is 6. The molecule has 4 rings (SSSR count). The van der Waals surface area contributed by atoms with Gasteiger partial charge in [-0.25, -0.2) is 9.59 Å². The number of fused-ring (bicyclic) bond motifs is 5. The minimum absolute atomic E-state index is 0.0706. The zero-order valence-corrected chi connectivity index (χ0v) is 46.5. The third kappa shape index (κ3) is 18.8. The molecule has 0 aromatic heterocycles. The van der Waals surface area contributed by atoms with E-state index < -0.39 is 70.4 Å². The minimum Gasteiger partial charge on any atom is -0.495 e. The fourth-order valence-corrected chi connectivity index (χ4v) is 9.61. The smallest absolute Gasteiger partial charge is 0.409 e. The van der Waals surface area contributed by atoms with Crippen molar-refractivity contribution in [3.05, 3.63) is 46.5 Å². The van der Waals surface area contributed by atoms with Crippen molar-refractivity contribution >= 4 is 64.6 Å². The molecular weight excluding hydrogens is 1000 g/mol. The predicted octanol–water partition coefficient (Wildman–Crippen LogP) is 4.97. The number of ether oxygens (including phenoxy) is 9. The number of amides is 4. The van der Waals surface area contributed by atoms with Gasteiger partial charge in [0.15, 0.2) is 5.72 Å². The molecule has 0 spiro atoms. The van der Waals surface area contributed by atoms with Crippen LogP contribution in [0.15, 0.2) is 35.9 Å². The van der Waals surface area contributed by atoms with Crippen LogP contribution >= 0.6 is 23.4 Å². The lowest BCUT2D eigenvalue weighted by atomic mass is 9.83. The van der Waals surface area contributed by atoms with Gasteiger partial charge in [0.25, 0.3) is 0 Å². The molecular formula is C52H79ClN4O16S. The fourth-order valence-electron chi connectivity index (χ4n) is 8.43. The molecule has 8 atom stereocenters. The van der Waals surface area contributed by atoms with Crippen LogP contribution in [-0.2, 0) is 68.3 Å². The first-order valence-electron chi connectivity index (χ1n) is 25.0. The molecule has 2 fully saturated rings. The van der Waals surface area contributed by atoms with Gasteiger partial charge in [-0.05, 0) is 58.2 Å². The predicted molar refractivity (Wildman–Crippen MR) is 278 cm³/mol. The van der Waals surface area contributed by atoms with E-state index in [4.69, 9.17) is 54.2 Å². The van der Waals surface area contributed by atoms with E-state index >= 15 is 0 Å². The average molecular weight is 1080 g/mol. The summed E-state index contributed by atoms with van der Waals surface area (Å²) in [6, 6.07) is 2.48. The van der Waals surface area contributed by atoms with Crippen molar-refractivity contribution in [3.8, 4) is 5.75 Å². The highest BCUT2D eigenvalue weighted by Gasteiger charge is 2.64. The molecule has 3 aliphatic heterocycles. The standard InChI is InChI=1S/C52H79ClN4O16S/c1-33-13-12-14-41(66-11)52(64)31-40(71-49(63)55-52)35(3)47-51(7,73-47)42(30-45(61)57(9)38-28-37(27-33)29-39(65-10)46(38)53)72-48(62)36(4)56(8)44(60)15-17-50(5,6)74-32-43(59)54-18-20-68-22-24-70-26-25-69-23-21-67-19-16-34(2)58/h12-14,28-29,35-36,40-42,47,64H,15-27,30-32H2,1-11H3,(H,54,59)(H,55,63)/b14-12+,33-13+/t35-,36+,40+,41-,42+,47+,51+,52+/m1/s1. The van der Waals surface area contributed by atoms with Crippen LogP contribution < -0.4 is 20.3 Å².